The molecule has 0 spiro atoms. The van der Waals surface area contributed by atoms with Crippen molar-refractivity contribution in [3.63, 3.8) is 0 Å². The lowest BCUT2D eigenvalue weighted by atomic mass is 9.96. The quantitative estimate of drug-likeness (QED) is 0.711. The lowest BCUT2D eigenvalue weighted by molar-refractivity contribution is -0.113. The van der Waals surface area contributed by atoms with Gasteiger partial charge in [-0.25, -0.2) is 0 Å². The Hall–Kier alpha value is -1.54. The minimum atomic E-state index is 0.0552. The van der Waals surface area contributed by atoms with Gasteiger partial charge in [-0.15, -0.1) is 0 Å². The summed E-state index contributed by atoms with van der Waals surface area (Å²) >= 11 is 5.83. The monoisotopic (exact) mass is 260 g/mol. The van der Waals surface area contributed by atoms with E-state index in [1.54, 1.807) is 18.2 Å². The van der Waals surface area contributed by atoms with E-state index in [2.05, 4.69) is 0 Å². The molecule has 3 rings (SSSR count). The summed E-state index contributed by atoms with van der Waals surface area (Å²) in [6.45, 7) is 0. The Balaban J connectivity index is 1.87. The third-order valence-corrected chi connectivity index (χ3v) is 3.57. The van der Waals surface area contributed by atoms with Crippen LogP contribution in [-0.2, 0) is 9.53 Å². The predicted octanol–water partition coefficient (Wildman–Crippen LogP) is 4.11. The molecule has 0 fully saturated rings. The van der Waals surface area contributed by atoms with Crippen molar-refractivity contribution in [2.24, 2.45) is 0 Å². The highest BCUT2D eigenvalue weighted by molar-refractivity contribution is 6.30. The topological polar surface area (TPSA) is 26.3 Å². The summed E-state index contributed by atoms with van der Waals surface area (Å²) in [5.74, 6) is 1.38. The first kappa shape index (κ1) is 11.5. The number of ketones is 1. The molecule has 0 atom stereocenters. The number of Topliss-reactive ketones (excluding diaryl/α,β-unsaturated/α-hetero) is 1. The second-order valence-electron chi connectivity index (χ2n) is 4.60. The molecular weight excluding hydrogens is 248 g/mol. The van der Waals surface area contributed by atoms with Gasteiger partial charge in [0, 0.05) is 17.0 Å². The fourth-order valence-corrected chi connectivity index (χ4v) is 2.49. The van der Waals surface area contributed by atoms with Gasteiger partial charge in [0.2, 0.25) is 5.78 Å². The zero-order chi connectivity index (χ0) is 12.5. The van der Waals surface area contributed by atoms with Crippen LogP contribution in [0.15, 0.2) is 41.4 Å². The Morgan fingerprint density at radius 3 is 2.56 bits per heavy atom. The zero-order valence-corrected chi connectivity index (χ0v) is 10.7. The van der Waals surface area contributed by atoms with Crippen LogP contribution >= 0.6 is 11.6 Å². The summed E-state index contributed by atoms with van der Waals surface area (Å²) in [5.41, 5.74) is 1.81. The van der Waals surface area contributed by atoms with Gasteiger partial charge < -0.3 is 4.74 Å². The number of hydrogen-bond donors (Lipinski definition) is 0. The Kier molecular flexibility index (Phi) is 2.96. The smallest absolute Gasteiger partial charge is 0.227 e. The van der Waals surface area contributed by atoms with Gasteiger partial charge in [0.1, 0.15) is 5.76 Å². The van der Waals surface area contributed by atoms with Crippen molar-refractivity contribution in [2.75, 3.05) is 0 Å². The van der Waals surface area contributed by atoms with Crippen LogP contribution in [0, 0.1) is 0 Å². The molecule has 1 heterocycles. The SMILES string of the molecule is O=C1C2=C(CCCC2)O/C1=C\c1ccc(Cl)cc1. The normalized spacial score (nSPS) is 21.2. The van der Waals surface area contributed by atoms with Crippen LogP contribution in [0.3, 0.4) is 0 Å². The number of hydrogen-bond acceptors (Lipinski definition) is 2. The molecule has 18 heavy (non-hydrogen) atoms. The second-order valence-corrected chi connectivity index (χ2v) is 5.04. The highest BCUT2D eigenvalue weighted by Crippen LogP contribution is 2.36. The Morgan fingerprint density at radius 1 is 1.11 bits per heavy atom. The van der Waals surface area contributed by atoms with Gasteiger partial charge in [-0.2, -0.15) is 0 Å². The third kappa shape index (κ3) is 2.08. The number of rotatable bonds is 1. The highest BCUT2D eigenvalue weighted by atomic mass is 35.5. The predicted molar refractivity (Wildman–Crippen MR) is 71.0 cm³/mol. The lowest BCUT2D eigenvalue weighted by Gasteiger charge is -2.09. The molecule has 3 heteroatoms. The van der Waals surface area contributed by atoms with E-state index in [0.717, 1.165) is 42.6 Å². The summed E-state index contributed by atoms with van der Waals surface area (Å²) in [6, 6.07) is 7.37. The van der Waals surface area contributed by atoms with Gasteiger partial charge in [-0.05, 0) is 43.0 Å². The number of allylic oxidation sites excluding steroid dienone is 2. The average molecular weight is 261 g/mol. The summed E-state index contributed by atoms with van der Waals surface area (Å²) in [5, 5.41) is 0.688. The van der Waals surface area contributed by atoms with Gasteiger partial charge in [0.25, 0.3) is 0 Å². The van der Waals surface area contributed by atoms with Crippen molar-refractivity contribution in [3.05, 3.63) is 51.9 Å². The van der Waals surface area contributed by atoms with Gasteiger partial charge in [-0.3, -0.25) is 4.79 Å². The van der Waals surface area contributed by atoms with Crippen LogP contribution in [0.4, 0.5) is 0 Å². The van der Waals surface area contributed by atoms with Gasteiger partial charge in [-0.1, -0.05) is 23.7 Å². The van der Waals surface area contributed by atoms with Crippen molar-refractivity contribution in [1.29, 1.82) is 0 Å². The summed E-state index contributed by atoms with van der Waals surface area (Å²) in [4.78, 5) is 12.1. The molecule has 1 aliphatic carbocycles. The fourth-order valence-electron chi connectivity index (χ4n) is 2.36. The molecule has 0 bridgehead atoms. The maximum absolute atomic E-state index is 12.1. The number of carbonyl (C=O) groups excluding carboxylic acids is 1. The Labute approximate surface area is 111 Å². The number of halogens is 1. The second kappa shape index (κ2) is 4.62. The van der Waals surface area contributed by atoms with Crippen molar-refractivity contribution < 1.29 is 9.53 Å². The molecule has 0 radical (unpaired) electrons. The molecule has 1 aromatic rings. The molecule has 0 N–H and O–H groups in total. The molecule has 0 unspecified atom stereocenters. The molecule has 2 nitrogen and oxygen atoms in total. The standard InChI is InChI=1S/C15H13ClO2/c16-11-7-5-10(6-8-11)9-14-15(17)12-3-1-2-4-13(12)18-14/h5-9H,1-4H2/b14-9-. The first-order chi connectivity index (χ1) is 8.74. The number of ether oxygens (including phenoxy) is 1. The van der Waals surface area contributed by atoms with Crippen LogP contribution in [0.5, 0.6) is 0 Å². The van der Waals surface area contributed by atoms with E-state index < -0.39 is 0 Å². The van der Waals surface area contributed by atoms with Crippen molar-refractivity contribution in [3.8, 4) is 0 Å². The van der Waals surface area contributed by atoms with Crippen molar-refractivity contribution in [1.82, 2.24) is 0 Å². The molecule has 0 saturated heterocycles. The van der Waals surface area contributed by atoms with Gasteiger partial charge in [0.05, 0.1) is 0 Å². The van der Waals surface area contributed by atoms with Gasteiger partial charge in [0.15, 0.2) is 5.76 Å². The van der Waals surface area contributed by atoms with Crippen LogP contribution in [0.2, 0.25) is 5.02 Å². The van der Waals surface area contributed by atoms with Crippen molar-refractivity contribution >= 4 is 23.5 Å². The van der Waals surface area contributed by atoms with E-state index in [9.17, 15) is 4.79 Å². The molecule has 2 aliphatic rings. The molecule has 1 aliphatic heterocycles. The largest absolute Gasteiger partial charge is 0.457 e. The van der Waals surface area contributed by atoms with Gasteiger partial charge >= 0.3 is 0 Å². The van der Waals surface area contributed by atoms with E-state index in [4.69, 9.17) is 16.3 Å². The first-order valence-corrected chi connectivity index (χ1v) is 6.54. The van der Waals surface area contributed by atoms with Crippen molar-refractivity contribution in [2.45, 2.75) is 25.7 Å². The Bertz CT molecular complexity index is 552. The minimum absolute atomic E-state index is 0.0552. The molecular formula is C15H13ClO2. The van der Waals surface area contributed by atoms with E-state index >= 15 is 0 Å². The third-order valence-electron chi connectivity index (χ3n) is 3.32. The minimum Gasteiger partial charge on any atom is -0.457 e. The molecule has 1 aromatic carbocycles. The average Bonchev–Trinajstić information content (AvgIpc) is 2.70. The maximum atomic E-state index is 12.1. The highest BCUT2D eigenvalue weighted by Gasteiger charge is 2.31. The Morgan fingerprint density at radius 2 is 1.83 bits per heavy atom. The molecule has 0 amide bonds. The summed E-state index contributed by atoms with van der Waals surface area (Å²) < 4.78 is 5.67. The molecule has 0 aromatic heterocycles. The summed E-state index contributed by atoms with van der Waals surface area (Å²) in [7, 11) is 0. The lowest BCUT2D eigenvalue weighted by Crippen LogP contribution is -2.02. The molecule has 0 saturated carbocycles. The first-order valence-electron chi connectivity index (χ1n) is 6.16. The zero-order valence-electron chi connectivity index (χ0n) is 9.91. The van der Waals surface area contributed by atoms with E-state index in [1.807, 2.05) is 12.1 Å². The van der Waals surface area contributed by atoms with Crippen LogP contribution in [0.1, 0.15) is 31.2 Å². The maximum Gasteiger partial charge on any atom is 0.227 e. The van der Waals surface area contributed by atoms with E-state index in [1.165, 1.54) is 0 Å². The van der Waals surface area contributed by atoms with Crippen LogP contribution in [0.25, 0.3) is 6.08 Å². The fraction of sp³-hybridized carbons (Fsp3) is 0.267. The van der Waals surface area contributed by atoms with E-state index in [0.29, 0.717) is 10.8 Å². The number of carbonyl (C=O) groups is 1. The summed E-state index contributed by atoms with van der Waals surface area (Å²) in [6.07, 6.45) is 5.73. The van der Waals surface area contributed by atoms with E-state index in [-0.39, 0.29) is 5.78 Å². The molecule has 92 valence electrons. The van der Waals surface area contributed by atoms with Crippen LogP contribution < -0.4 is 0 Å². The number of benzene rings is 1. The van der Waals surface area contributed by atoms with Crippen LogP contribution in [-0.4, -0.2) is 5.78 Å².